The number of phenolic OH excluding ortho intramolecular Hbond substituents is 1. The van der Waals surface area contributed by atoms with Gasteiger partial charge in [-0.2, -0.15) is 9.97 Å². The summed E-state index contributed by atoms with van der Waals surface area (Å²) in [6, 6.07) is 6.13. The van der Waals surface area contributed by atoms with Gasteiger partial charge in [0.15, 0.2) is 5.82 Å². The van der Waals surface area contributed by atoms with E-state index in [0.717, 1.165) is 51.5 Å². The number of aromatic hydroxyl groups is 1. The van der Waals surface area contributed by atoms with Crippen molar-refractivity contribution in [2.75, 3.05) is 44.4 Å². The molecule has 0 radical (unpaired) electrons. The topological polar surface area (TPSA) is 134 Å². The average Bonchev–Trinajstić information content (AvgIpc) is 3.52. The van der Waals surface area contributed by atoms with Gasteiger partial charge in [0.1, 0.15) is 34.2 Å². The summed E-state index contributed by atoms with van der Waals surface area (Å²) in [5.74, 6) is 0.954. The van der Waals surface area contributed by atoms with Crippen molar-refractivity contribution in [2.24, 2.45) is 5.41 Å². The van der Waals surface area contributed by atoms with E-state index in [2.05, 4.69) is 34.6 Å². The summed E-state index contributed by atoms with van der Waals surface area (Å²) in [5.41, 5.74) is -1.75. The van der Waals surface area contributed by atoms with Gasteiger partial charge in [-0.1, -0.05) is 18.4 Å². The van der Waals surface area contributed by atoms with Gasteiger partial charge in [-0.15, -0.1) is 6.42 Å². The van der Waals surface area contributed by atoms with Crippen LogP contribution >= 0.6 is 0 Å². The number of β-amino-alcohol motifs (C(OH)–C–C–N with tert-alkyl or cyclic N) is 1. The van der Waals surface area contributed by atoms with Crippen molar-refractivity contribution in [1.29, 1.82) is 0 Å². The number of terminal acetylenes is 1. The van der Waals surface area contributed by atoms with E-state index in [1.165, 1.54) is 30.5 Å². The molecule has 0 spiro atoms. The molecule has 3 N–H and O–H groups in total. The van der Waals surface area contributed by atoms with Crippen LogP contribution in [0.15, 0.2) is 30.5 Å². The van der Waals surface area contributed by atoms with Crippen molar-refractivity contribution in [3.05, 3.63) is 47.7 Å². The summed E-state index contributed by atoms with van der Waals surface area (Å²) < 4.78 is 50.7. The molecule has 7 atom stereocenters. The number of aliphatic hydroxyl groups is 2. The number of hydrogen-bond donors (Lipinski definition) is 3. The largest absolute Gasteiger partial charge is 0.508 e. The molecule has 292 valence electrons. The fourth-order valence-corrected chi connectivity index (χ4v) is 9.88. The number of halogens is 2. The van der Waals surface area contributed by atoms with Crippen LogP contribution in [0.5, 0.6) is 11.8 Å². The summed E-state index contributed by atoms with van der Waals surface area (Å²) in [4.78, 5) is 18.5. The Morgan fingerprint density at radius 2 is 1.89 bits per heavy atom. The molecule has 4 aromatic rings. The lowest BCUT2D eigenvalue weighted by Gasteiger charge is -2.51. The molecule has 0 amide bonds. The second-order valence-corrected chi connectivity index (χ2v) is 16.4. The second-order valence-electron chi connectivity index (χ2n) is 16.4. The number of nitrogens with zero attached hydrogens (tertiary/aromatic N) is 5. The maximum atomic E-state index is 17.2. The second kappa shape index (κ2) is 14.7. The van der Waals surface area contributed by atoms with Gasteiger partial charge in [0.2, 0.25) is 0 Å². The lowest BCUT2D eigenvalue weighted by Crippen LogP contribution is -2.57. The highest BCUT2D eigenvalue weighted by Crippen LogP contribution is 2.50. The predicted molar refractivity (Wildman–Crippen MR) is 204 cm³/mol. The van der Waals surface area contributed by atoms with Gasteiger partial charge in [0.25, 0.3) is 0 Å². The zero-order valence-electron chi connectivity index (χ0n) is 31.6. The molecular formula is C42H49F2N5O6. The quantitative estimate of drug-likeness (QED) is 0.200. The highest BCUT2D eigenvalue weighted by atomic mass is 19.1. The van der Waals surface area contributed by atoms with E-state index in [0.29, 0.717) is 24.1 Å². The van der Waals surface area contributed by atoms with Gasteiger partial charge in [-0.05, 0) is 89.4 Å². The Bertz CT molecular complexity index is 2140. The van der Waals surface area contributed by atoms with Crippen LogP contribution < -0.4 is 9.64 Å². The first-order valence-electron chi connectivity index (χ1n) is 19.4. The number of rotatable bonds is 7. The summed E-state index contributed by atoms with van der Waals surface area (Å²) in [6.45, 7) is 7.18. The summed E-state index contributed by atoms with van der Waals surface area (Å²) in [5, 5.41) is 32.9. The Balaban J connectivity index is 1.23. The van der Waals surface area contributed by atoms with Gasteiger partial charge in [-0.25, -0.2) is 8.78 Å². The van der Waals surface area contributed by atoms with Gasteiger partial charge in [-0.3, -0.25) is 9.88 Å². The van der Waals surface area contributed by atoms with E-state index >= 15 is 8.78 Å². The maximum absolute atomic E-state index is 17.2. The molecule has 1 aliphatic carbocycles. The van der Waals surface area contributed by atoms with Crippen LogP contribution in [0.1, 0.15) is 71.3 Å². The van der Waals surface area contributed by atoms with Gasteiger partial charge < -0.3 is 34.4 Å². The van der Waals surface area contributed by atoms with Crippen LogP contribution in [0.3, 0.4) is 0 Å². The fourth-order valence-electron chi connectivity index (χ4n) is 9.88. The number of fused-ring (bicyclic) bond motifs is 3. The highest BCUT2D eigenvalue weighted by Gasteiger charge is 2.51. The summed E-state index contributed by atoms with van der Waals surface area (Å²) in [6.07, 6.45) is 14.1. The van der Waals surface area contributed by atoms with E-state index < -0.39 is 23.3 Å². The first-order chi connectivity index (χ1) is 26.4. The van der Waals surface area contributed by atoms with Crippen LogP contribution in [0.25, 0.3) is 32.9 Å². The van der Waals surface area contributed by atoms with E-state index in [9.17, 15) is 15.3 Å². The monoisotopic (exact) mass is 757 g/mol. The first-order valence-corrected chi connectivity index (χ1v) is 19.4. The number of aliphatic hydroxyl groups excluding tert-OH is 1. The Hall–Kier alpha value is -4.19. The molecule has 4 aliphatic rings. The van der Waals surface area contributed by atoms with Gasteiger partial charge in [0.05, 0.1) is 55.6 Å². The molecule has 5 heterocycles. The number of pyridine rings is 1. The number of phenols is 1. The number of aromatic nitrogens is 3. The molecule has 3 saturated heterocycles. The lowest BCUT2D eigenvalue weighted by atomic mass is 9.74. The van der Waals surface area contributed by atoms with Crippen molar-refractivity contribution in [3.63, 3.8) is 0 Å². The van der Waals surface area contributed by atoms with Crippen molar-refractivity contribution >= 4 is 27.5 Å². The van der Waals surface area contributed by atoms with E-state index in [4.69, 9.17) is 25.6 Å². The summed E-state index contributed by atoms with van der Waals surface area (Å²) in [7, 11) is 0. The Labute approximate surface area is 319 Å². The number of hydrogen-bond acceptors (Lipinski definition) is 11. The number of piperidine rings is 1. The minimum absolute atomic E-state index is 0.0262. The Morgan fingerprint density at radius 1 is 1.11 bits per heavy atom. The minimum atomic E-state index is -1.33. The highest BCUT2D eigenvalue weighted by molar-refractivity contribution is 6.03. The van der Waals surface area contributed by atoms with Crippen LogP contribution in [-0.4, -0.2) is 111 Å². The smallest absolute Gasteiger partial charge is 0.319 e. The van der Waals surface area contributed by atoms with E-state index in [1.54, 1.807) is 11.8 Å². The zero-order chi connectivity index (χ0) is 38.6. The molecule has 13 heteroatoms. The Kier molecular flexibility index (Phi) is 10.1. The number of anilines is 1. The van der Waals surface area contributed by atoms with Gasteiger partial charge in [0, 0.05) is 41.2 Å². The third kappa shape index (κ3) is 7.08. The van der Waals surface area contributed by atoms with Crippen molar-refractivity contribution in [2.45, 2.75) is 102 Å². The number of benzene rings is 2. The third-order valence-corrected chi connectivity index (χ3v) is 12.2. The molecule has 3 aliphatic heterocycles. The lowest BCUT2D eigenvalue weighted by molar-refractivity contribution is -0.0967. The van der Waals surface area contributed by atoms with E-state index in [1.807, 2.05) is 0 Å². The molecule has 0 bridgehead atoms. The predicted octanol–water partition coefficient (Wildman–Crippen LogP) is 5.73. The van der Waals surface area contributed by atoms with Crippen LogP contribution in [0.2, 0.25) is 0 Å². The normalized spacial score (nSPS) is 30.3. The molecule has 55 heavy (non-hydrogen) atoms. The SMILES string of the molecule is C#Cc1c(F)ccc2cc(O)cc(-c3ncc4c(N5C[C@H](CO)OC[C@@](C)(O)C5)nc(OC[C@]56CCCC5N(C5C[C@@H](C)O[C@@H](C)C5)CCC6)nc4c3F)c12. The van der Waals surface area contributed by atoms with Crippen LogP contribution in [0.4, 0.5) is 14.6 Å². The van der Waals surface area contributed by atoms with Gasteiger partial charge >= 0.3 is 6.01 Å². The first kappa shape index (κ1) is 37.7. The Morgan fingerprint density at radius 3 is 2.65 bits per heavy atom. The standard InChI is InChI=1S/C42H49F2N5O6/c1-5-30-33(43)10-9-26-16-28(51)17-31(35(26)30)37-36(44)38-32(18-45-37)39(48-19-29(20-50)53-22-41(4,52)21-48)47-40(46-38)54-23-42-11-6-8-34(42)49(13-7-12-42)27-14-24(2)55-25(3)15-27/h1,9-10,16-18,24-25,27,29,34,50-52H,6-8,11-15,19-23H2,2-4H3/t24-,25+,27?,29-,34?,41+,42-/m1/s1. The molecule has 4 fully saturated rings. The molecule has 11 nitrogen and oxygen atoms in total. The maximum Gasteiger partial charge on any atom is 0.319 e. The minimum Gasteiger partial charge on any atom is -0.508 e. The zero-order valence-corrected chi connectivity index (χ0v) is 31.6. The van der Waals surface area contributed by atoms with Crippen LogP contribution in [0, 0.1) is 29.4 Å². The average molecular weight is 758 g/mol. The number of ether oxygens (including phenoxy) is 3. The van der Waals surface area contributed by atoms with Crippen molar-refractivity contribution in [1.82, 2.24) is 19.9 Å². The molecular weight excluding hydrogens is 708 g/mol. The molecule has 2 aromatic carbocycles. The molecule has 2 unspecified atom stereocenters. The fraction of sp³-hybridized carbons (Fsp3) is 0.548. The summed E-state index contributed by atoms with van der Waals surface area (Å²) >= 11 is 0. The number of likely N-dealkylation sites (tertiary alicyclic amines) is 1. The molecule has 8 rings (SSSR count). The molecule has 1 saturated carbocycles. The van der Waals surface area contributed by atoms with Crippen LogP contribution in [-0.2, 0) is 9.47 Å². The van der Waals surface area contributed by atoms with Crippen molar-refractivity contribution < 1.29 is 38.3 Å². The third-order valence-electron chi connectivity index (χ3n) is 12.2. The van der Waals surface area contributed by atoms with E-state index in [-0.39, 0.29) is 94.6 Å². The molecule has 2 aromatic heterocycles. The van der Waals surface area contributed by atoms with Crippen molar-refractivity contribution in [3.8, 4) is 35.4 Å².